The molecule has 1 aromatic carbocycles. The Labute approximate surface area is 144 Å². The molecule has 2 rings (SSSR count). The second-order valence-corrected chi connectivity index (χ2v) is 6.61. The molecule has 1 aliphatic rings. The van der Waals surface area contributed by atoms with Crippen LogP contribution in [0.15, 0.2) is 24.8 Å². The molecule has 0 unspecified atom stereocenters. The second-order valence-electron chi connectivity index (χ2n) is 6.18. The maximum atomic E-state index is 12.0. The average molecular weight is 336 g/mol. The van der Waals surface area contributed by atoms with Crippen LogP contribution in [0.1, 0.15) is 54.4 Å². The molecule has 23 heavy (non-hydrogen) atoms. The molecule has 0 amide bonds. The van der Waals surface area contributed by atoms with Gasteiger partial charge in [0.1, 0.15) is 0 Å². The number of esters is 1. The third-order valence-corrected chi connectivity index (χ3v) is 4.87. The first-order chi connectivity index (χ1) is 11.1. The van der Waals surface area contributed by atoms with E-state index in [9.17, 15) is 4.79 Å². The predicted octanol–water partition coefficient (Wildman–Crippen LogP) is 5.15. The molecule has 0 aliphatic heterocycles. The summed E-state index contributed by atoms with van der Waals surface area (Å²) in [6.07, 6.45) is 9.38. The number of halogens is 1. The first-order valence-electron chi connectivity index (χ1n) is 8.34. The first kappa shape index (κ1) is 17.9. The summed E-state index contributed by atoms with van der Waals surface area (Å²) in [5.41, 5.74) is 2.48. The van der Waals surface area contributed by atoms with E-state index in [2.05, 4.69) is 11.5 Å². The van der Waals surface area contributed by atoms with Crippen molar-refractivity contribution in [2.75, 3.05) is 18.6 Å². The number of anilines is 1. The van der Waals surface area contributed by atoms with Crippen LogP contribution in [0, 0.1) is 6.92 Å². The normalized spacial score (nSPS) is 15.8. The van der Waals surface area contributed by atoms with E-state index in [0.717, 1.165) is 17.8 Å². The molecule has 0 spiro atoms. The molecule has 0 radical (unpaired) electrons. The Bertz CT molecular complexity index is 563. The number of benzene rings is 1. The van der Waals surface area contributed by atoms with Gasteiger partial charge in [0.05, 0.1) is 12.7 Å². The zero-order valence-electron chi connectivity index (χ0n) is 14.1. The molecule has 0 atom stereocenters. The molecule has 1 aliphatic carbocycles. The van der Waals surface area contributed by atoms with Gasteiger partial charge >= 0.3 is 5.97 Å². The number of nitrogens with zero attached hydrogens (tertiary/aromatic N) is 1. The predicted molar refractivity (Wildman–Crippen MR) is 96.6 cm³/mol. The monoisotopic (exact) mass is 335 g/mol. The van der Waals surface area contributed by atoms with Crippen molar-refractivity contribution in [2.24, 2.45) is 0 Å². The standard InChI is InChI=1S/C19H26ClNO2/c1-4-11-21(16-9-7-5-6-8-10-16)18-13-15(20)12-17(14(18)2)19(22)23-3/h4,12-13,16H,1,5-11H2,2-3H3. The van der Waals surface area contributed by atoms with Gasteiger partial charge in [-0.3, -0.25) is 0 Å². The first-order valence-corrected chi connectivity index (χ1v) is 8.72. The summed E-state index contributed by atoms with van der Waals surface area (Å²) in [5, 5.41) is 0.564. The summed E-state index contributed by atoms with van der Waals surface area (Å²) in [6.45, 7) is 6.62. The van der Waals surface area contributed by atoms with Gasteiger partial charge in [0.2, 0.25) is 0 Å². The van der Waals surface area contributed by atoms with Crippen molar-refractivity contribution in [3.63, 3.8) is 0 Å². The molecule has 4 heteroatoms. The van der Waals surface area contributed by atoms with E-state index in [-0.39, 0.29) is 5.97 Å². The molecule has 1 fully saturated rings. The van der Waals surface area contributed by atoms with Crippen LogP contribution >= 0.6 is 11.6 Å². The summed E-state index contributed by atoms with van der Waals surface area (Å²) in [5.74, 6) is -0.342. The van der Waals surface area contributed by atoms with Gasteiger partial charge in [-0.15, -0.1) is 6.58 Å². The molecule has 0 N–H and O–H groups in total. The minimum Gasteiger partial charge on any atom is -0.465 e. The number of hydrogen-bond donors (Lipinski definition) is 0. The van der Waals surface area contributed by atoms with Crippen LogP contribution in [0.5, 0.6) is 0 Å². The highest BCUT2D eigenvalue weighted by Crippen LogP contribution is 2.33. The van der Waals surface area contributed by atoms with Gasteiger partial charge in [-0.25, -0.2) is 4.79 Å². The zero-order chi connectivity index (χ0) is 16.8. The van der Waals surface area contributed by atoms with Gasteiger partial charge in [-0.05, 0) is 37.5 Å². The number of ether oxygens (including phenoxy) is 1. The largest absolute Gasteiger partial charge is 0.465 e. The Morgan fingerprint density at radius 1 is 1.35 bits per heavy atom. The van der Waals surface area contributed by atoms with Crippen LogP contribution in [-0.4, -0.2) is 25.7 Å². The molecule has 0 saturated heterocycles. The van der Waals surface area contributed by atoms with Gasteiger partial charge in [0.15, 0.2) is 0 Å². The van der Waals surface area contributed by atoms with Crippen LogP contribution in [-0.2, 0) is 4.74 Å². The molecule has 0 bridgehead atoms. The highest BCUT2D eigenvalue weighted by atomic mass is 35.5. The molecular formula is C19H26ClNO2. The summed E-state index contributed by atoms with van der Waals surface area (Å²) < 4.78 is 4.90. The fourth-order valence-electron chi connectivity index (χ4n) is 3.44. The number of hydrogen-bond acceptors (Lipinski definition) is 3. The average Bonchev–Trinajstić information content (AvgIpc) is 2.83. The smallest absolute Gasteiger partial charge is 0.338 e. The number of rotatable bonds is 5. The molecular weight excluding hydrogens is 310 g/mol. The lowest BCUT2D eigenvalue weighted by Gasteiger charge is -2.34. The SMILES string of the molecule is C=CCN(c1cc(Cl)cc(C(=O)OC)c1C)C1CCCCCC1. The van der Waals surface area contributed by atoms with E-state index in [4.69, 9.17) is 16.3 Å². The van der Waals surface area contributed by atoms with Crippen LogP contribution in [0.25, 0.3) is 0 Å². The topological polar surface area (TPSA) is 29.5 Å². The Balaban J connectivity index is 2.43. The highest BCUT2D eigenvalue weighted by molar-refractivity contribution is 6.31. The van der Waals surface area contributed by atoms with E-state index in [1.165, 1.54) is 45.6 Å². The minimum absolute atomic E-state index is 0.342. The van der Waals surface area contributed by atoms with Gasteiger partial charge < -0.3 is 9.64 Å². The molecule has 1 aromatic rings. The number of methoxy groups -OCH3 is 1. The van der Waals surface area contributed by atoms with Crippen molar-refractivity contribution < 1.29 is 9.53 Å². The molecule has 1 saturated carbocycles. The maximum Gasteiger partial charge on any atom is 0.338 e. The summed E-state index contributed by atoms with van der Waals surface area (Å²) in [4.78, 5) is 14.4. The van der Waals surface area contributed by atoms with E-state index in [1.807, 2.05) is 19.1 Å². The van der Waals surface area contributed by atoms with E-state index in [1.54, 1.807) is 6.07 Å². The Hall–Kier alpha value is -1.48. The van der Waals surface area contributed by atoms with Crippen LogP contribution in [0.3, 0.4) is 0 Å². The third-order valence-electron chi connectivity index (χ3n) is 4.65. The lowest BCUT2D eigenvalue weighted by Crippen LogP contribution is -2.36. The molecule has 126 valence electrons. The van der Waals surface area contributed by atoms with Gasteiger partial charge in [-0.2, -0.15) is 0 Å². The zero-order valence-corrected chi connectivity index (χ0v) is 14.9. The summed E-state index contributed by atoms with van der Waals surface area (Å²) in [6, 6.07) is 4.11. The van der Waals surface area contributed by atoms with Crippen molar-refractivity contribution in [1.82, 2.24) is 0 Å². The van der Waals surface area contributed by atoms with Crippen molar-refractivity contribution >= 4 is 23.3 Å². The highest BCUT2D eigenvalue weighted by Gasteiger charge is 2.23. The van der Waals surface area contributed by atoms with Crippen molar-refractivity contribution in [3.8, 4) is 0 Å². The molecule has 0 aromatic heterocycles. The van der Waals surface area contributed by atoms with E-state index >= 15 is 0 Å². The summed E-state index contributed by atoms with van der Waals surface area (Å²) in [7, 11) is 1.40. The second kappa shape index (κ2) is 8.39. The minimum atomic E-state index is -0.342. The van der Waals surface area contributed by atoms with Crippen LogP contribution in [0.4, 0.5) is 5.69 Å². The van der Waals surface area contributed by atoms with Crippen molar-refractivity contribution in [2.45, 2.75) is 51.5 Å². The van der Waals surface area contributed by atoms with Crippen LogP contribution in [0.2, 0.25) is 5.02 Å². The van der Waals surface area contributed by atoms with Gasteiger partial charge in [0.25, 0.3) is 0 Å². The Morgan fingerprint density at radius 2 is 2.00 bits per heavy atom. The lowest BCUT2D eigenvalue weighted by molar-refractivity contribution is 0.0600. The lowest BCUT2D eigenvalue weighted by atomic mass is 10.0. The number of carbonyl (C=O) groups is 1. The molecule has 3 nitrogen and oxygen atoms in total. The molecule has 0 heterocycles. The Kier molecular flexibility index (Phi) is 6.52. The Morgan fingerprint density at radius 3 is 2.57 bits per heavy atom. The van der Waals surface area contributed by atoms with Crippen molar-refractivity contribution in [1.29, 1.82) is 0 Å². The number of carbonyl (C=O) groups excluding carboxylic acids is 1. The van der Waals surface area contributed by atoms with Crippen LogP contribution < -0.4 is 4.90 Å². The third kappa shape index (κ3) is 4.29. The van der Waals surface area contributed by atoms with Gasteiger partial charge in [0, 0.05) is 23.3 Å². The summed E-state index contributed by atoms with van der Waals surface area (Å²) >= 11 is 6.28. The fraction of sp³-hybridized carbons (Fsp3) is 0.526. The van der Waals surface area contributed by atoms with E-state index in [0.29, 0.717) is 16.6 Å². The van der Waals surface area contributed by atoms with Crippen molar-refractivity contribution in [3.05, 3.63) is 40.9 Å². The quantitative estimate of drug-likeness (QED) is 0.423. The maximum absolute atomic E-state index is 12.0. The van der Waals surface area contributed by atoms with E-state index < -0.39 is 0 Å². The fourth-order valence-corrected chi connectivity index (χ4v) is 3.65. The van der Waals surface area contributed by atoms with Gasteiger partial charge in [-0.1, -0.05) is 43.4 Å².